The minimum atomic E-state index is -4.96. The molecule has 3 N–H and O–H groups in total. The van der Waals surface area contributed by atoms with Gasteiger partial charge in [0.15, 0.2) is 0 Å². The Morgan fingerprint density at radius 2 is 2.00 bits per heavy atom. The SMILES string of the molecule is O=C(Nc1ccc(F)cc1Cl)c1nn(P(=O)(O)O)nc1F. The Labute approximate surface area is 120 Å². The Morgan fingerprint density at radius 3 is 2.52 bits per heavy atom. The van der Waals surface area contributed by atoms with Gasteiger partial charge in [-0.1, -0.05) is 16.2 Å². The molecule has 21 heavy (non-hydrogen) atoms. The van der Waals surface area contributed by atoms with E-state index in [-0.39, 0.29) is 15.3 Å². The normalized spacial score (nSPS) is 11.5. The fourth-order valence-corrected chi connectivity index (χ4v) is 1.92. The molecule has 1 aromatic carbocycles. The Morgan fingerprint density at radius 1 is 1.33 bits per heavy atom. The molecule has 0 spiro atoms. The molecule has 0 unspecified atom stereocenters. The molecule has 12 heteroatoms. The standard InChI is InChI=1S/C9H6ClF2N4O4P/c10-5-3-4(11)1-2-6(5)13-9(17)7-8(12)15-16(14-7)21(18,19)20/h1-3H,(H,13,17)(H2,18,19,20). The molecule has 112 valence electrons. The summed E-state index contributed by atoms with van der Waals surface area (Å²) in [6.45, 7) is 0. The number of hydrogen-bond acceptors (Lipinski definition) is 4. The van der Waals surface area contributed by atoms with Gasteiger partial charge in [0, 0.05) is 0 Å². The lowest BCUT2D eigenvalue weighted by Crippen LogP contribution is -2.15. The van der Waals surface area contributed by atoms with Gasteiger partial charge < -0.3 is 15.1 Å². The fraction of sp³-hybridized carbons (Fsp3) is 0. The molecule has 0 aliphatic rings. The van der Waals surface area contributed by atoms with E-state index in [2.05, 4.69) is 15.5 Å². The van der Waals surface area contributed by atoms with Crippen LogP contribution in [0.15, 0.2) is 18.2 Å². The maximum absolute atomic E-state index is 13.4. The van der Waals surface area contributed by atoms with Crippen molar-refractivity contribution in [2.75, 3.05) is 5.32 Å². The van der Waals surface area contributed by atoms with E-state index in [0.29, 0.717) is 0 Å². The van der Waals surface area contributed by atoms with E-state index in [1.807, 2.05) is 0 Å². The number of rotatable bonds is 3. The quantitative estimate of drug-likeness (QED) is 0.728. The van der Waals surface area contributed by atoms with Crippen LogP contribution in [-0.4, -0.2) is 30.5 Å². The van der Waals surface area contributed by atoms with Crippen LogP contribution in [0.4, 0.5) is 14.5 Å². The molecule has 0 fully saturated rings. The van der Waals surface area contributed by atoms with E-state index in [1.54, 1.807) is 0 Å². The number of nitrogens with zero attached hydrogens (tertiary/aromatic N) is 3. The first-order valence-corrected chi connectivity index (χ1v) is 7.08. The molecular formula is C9H6ClF2N4O4P. The van der Waals surface area contributed by atoms with E-state index >= 15 is 0 Å². The summed E-state index contributed by atoms with van der Waals surface area (Å²) in [5.41, 5.74) is -0.980. The first-order valence-electron chi connectivity index (χ1n) is 5.14. The predicted molar refractivity (Wildman–Crippen MR) is 66.8 cm³/mol. The first kappa shape index (κ1) is 15.5. The summed E-state index contributed by atoms with van der Waals surface area (Å²) in [5.74, 6) is -3.27. The second-order valence-corrected chi connectivity index (χ2v) is 5.49. The van der Waals surface area contributed by atoms with Gasteiger partial charge in [-0.15, -0.1) is 10.2 Å². The van der Waals surface area contributed by atoms with E-state index < -0.39 is 31.1 Å². The van der Waals surface area contributed by atoms with Gasteiger partial charge in [-0.3, -0.25) is 4.79 Å². The van der Waals surface area contributed by atoms with Crippen molar-refractivity contribution in [1.82, 2.24) is 14.8 Å². The van der Waals surface area contributed by atoms with E-state index in [0.717, 1.165) is 18.2 Å². The van der Waals surface area contributed by atoms with Crippen molar-refractivity contribution in [3.63, 3.8) is 0 Å². The Kier molecular flexibility index (Phi) is 4.06. The maximum Gasteiger partial charge on any atom is 0.466 e. The molecule has 2 rings (SSSR count). The molecule has 0 aliphatic heterocycles. The summed E-state index contributed by atoms with van der Waals surface area (Å²) in [6.07, 6.45) is 0. The van der Waals surface area contributed by atoms with Gasteiger partial charge >= 0.3 is 7.75 Å². The van der Waals surface area contributed by atoms with E-state index in [1.165, 1.54) is 0 Å². The molecule has 0 saturated carbocycles. The zero-order chi connectivity index (χ0) is 15.8. The van der Waals surface area contributed by atoms with Gasteiger partial charge in [0.25, 0.3) is 11.9 Å². The molecule has 1 heterocycles. The van der Waals surface area contributed by atoms with Crippen LogP contribution >= 0.6 is 19.3 Å². The zero-order valence-corrected chi connectivity index (χ0v) is 11.5. The van der Waals surface area contributed by atoms with Crippen molar-refractivity contribution in [2.45, 2.75) is 0 Å². The molecule has 8 nitrogen and oxygen atoms in total. The highest BCUT2D eigenvalue weighted by Crippen LogP contribution is 2.34. The topological polar surface area (TPSA) is 117 Å². The number of anilines is 1. The highest BCUT2D eigenvalue weighted by molar-refractivity contribution is 7.49. The molecule has 0 aliphatic carbocycles. The third kappa shape index (κ3) is 3.42. The second kappa shape index (κ2) is 5.49. The lowest BCUT2D eigenvalue weighted by molar-refractivity contribution is 0.101. The lowest BCUT2D eigenvalue weighted by Gasteiger charge is -2.05. The molecule has 0 atom stereocenters. The van der Waals surface area contributed by atoms with Crippen molar-refractivity contribution >= 4 is 30.9 Å². The molecular weight excluding hydrogens is 333 g/mol. The fourth-order valence-electron chi connectivity index (χ4n) is 1.31. The number of amides is 1. The first-order chi connectivity index (χ1) is 9.68. The average Bonchev–Trinajstić information content (AvgIpc) is 2.75. The zero-order valence-electron chi connectivity index (χ0n) is 9.87. The average molecular weight is 339 g/mol. The number of hydrogen-bond donors (Lipinski definition) is 3. The molecule has 0 saturated heterocycles. The summed E-state index contributed by atoms with van der Waals surface area (Å²) in [7, 11) is -4.96. The molecule has 1 aromatic heterocycles. The second-order valence-electron chi connectivity index (χ2n) is 3.70. The van der Waals surface area contributed by atoms with E-state index in [9.17, 15) is 18.1 Å². The Balaban J connectivity index is 2.29. The van der Waals surface area contributed by atoms with E-state index in [4.69, 9.17) is 21.4 Å². The number of carbonyl (C=O) groups excluding carboxylic acids is 1. The van der Waals surface area contributed by atoms with Gasteiger partial charge in [0.05, 0.1) is 10.7 Å². The van der Waals surface area contributed by atoms with Gasteiger partial charge in [-0.25, -0.2) is 8.96 Å². The lowest BCUT2D eigenvalue weighted by atomic mass is 10.3. The summed E-state index contributed by atoms with van der Waals surface area (Å²) in [5, 5.41) is 7.83. The summed E-state index contributed by atoms with van der Waals surface area (Å²) in [4.78, 5) is 29.3. The van der Waals surface area contributed by atoms with Crippen molar-refractivity contribution < 1.29 is 27.9 Å². The van der Waals surface area contributed by atoms with Gasteiger partial charge in [-0.2, -0.15) is 4.39 Å². The van der Waals surface area contributed by atoms with Crippen LogP contribution in [-0.2, 0) is 4.57 Å². The van der Waals surface area contributed by atoms with Crippen LogP contribution in [0.1, 0.15) is 10.5 Å². The van der Waals surface area contributed by atoms with Crippen LogP contribution in [0.3, 0.4) is 0 Å². The smallest absolute Gasteiger partial charge is 0.319 e. The monoisotopic (exact) mass is 338 g/mol. The van der Waals surface area contributed by atoms with Crippen LogP contribution in [0.5, 0.6) is 0 Å². The van der Waals surface area contributed by atoms with Crippen LogP contribution in [0.25, 0.3) is 0 Å². The largest absolute Gasteiger partial charge is 0.466 e. The predicted octanol–water partition coefficient (Wildman–Crippen LogP) is 1.40. The Bertz CT molecular complexity index is 762. The minimum Gasteiger partial charge on any atom is -0.319 e. The van der Waals surface area contributed by atoms with Crippen LogP contribution in [0, 0.1) is 11.8 Å². The molecule has 0 bridgehead atoms. The van der Waals surface area contributed by atoms with Crippen LogP contribution < -0.4 is 5.32 Å². The van der Waals surface area contributed by atoms with Gasteiger partial charge in [0.1, 0.15) is 5.82 Å². The van der Waals surface area contributed by atoms with Gasteiger partial charge in [-0.05, 0) is 18.2 Å². The number of nitrogens with one attached hydrogen (secondary N) is 1. The highest BCUT2D eigenvalue weighted by Gasteiger charge is 2.27. The molecule has 0 radical (unpaired) electrons. The van der Waals surface area contributed by atoms with Crippen molar-refractivity contribution in [3.8, 4) is 0 Å². The molecule has 2 aromatic rings. The maximum atomic E-state index is 13.4. The number of halogens is 3. The van der Waals surface area contributed by atoms with Crippen molar-refractivity contribution in [1.29, 1.82) is 0 Å². The van der Waals surface area contributed by atoms with Crippen molar-refractivity contribution in [3.05, 3.63) is 40.7 Å². The highest BCUT2D eigenvalue weighted by atomic mass is 35.5. The van der Waals surface area contributed by atoms with Crippen molar-refractivity contribution in [2.24, 2.45) is 0 Å². The third-order valence-corrected chi connectivity index (χ3v) is 3.15. The third-order valence-electron chi connectivity index (χ3n) is 2.19. The number of aromatic nitrogens is 3. The molecule has 1 amide bonds. The van der Waals surface area contributed by atoms with Crippen LogP contribution in [0.2, 0.25) is 5.02 Å². The number of carbonyl (C=O) groups is 1. The number of benzene rings is 1. The Hall–Kier alpha value is -1.87. The summed E-state index contributed by atoms with van der Waals surface area (Å²) < 4.78 is 36.8. The summed E-state index contributed by atoms with van der Waals surface area (Å²) in [6, 6.07) is 3.05. The summed E-state index contributed by atoms with van der Waals surface area (Å²) >= 11 is 5.66. The van der Waals surface area contributed by atoms with Gasteiger partial charge in [0.2, 0.25) is 5.69 Å². The minimum absolute atomic E-state index is 0.0341.